The number of thiazole rings is 1. The van der Waals surface area contributed by atoms with Gasteiger partial charge in [0.2, 0.25) is 0 Å². The number of nitrogens with zero attached hydrogens (tertiary/aromatic N) is 1. The van der Waals surface area contributed by atoms with Gasteiger partial charge in [-0.15, -0.1) is 11.3 Å². The number of hydrogen-bond acceptors (Lipinski definition) is 5. The van der Waals surface area contributed by atoms with E-state index in [0.29, 0.717) is 10.8 Å². The van der Waals surface area contributed by atoms with Crippen LogP contribution in [0.5, 0.6) is 0 Å². The minimum Gasteiger partial charge on any atom is -0.469 e. The third kappa shape index (κ3) is 4.14. The quantitative estimate of drug-likeness (QED) is 0.681. The van der Waals surface area contributed by atoms with E-state index in [1.165, 1.54) is 18.4 Å². The van der Waals surface area contributed by atoms with Crippen molar-refractivity contribution in [1.82, 2.24) is 4.98 Å². The van der Waals surface area contributed by atoms with E-state index in [2.05, 4.69) is 15.0 Å². The molecule has 5 nitrogen and oxygen atoms in total. The van der Waals surface area contributed by atoms with Gasteiger partial charge in [0.25, 0.3) is 5.91 Å². The Morgan fingerprint density at radius 1 is 1.53 bits per heavy atom. The highest BCUT2D eigenvalue weighted by atomic mass is 35.5. The van der Waals surface area contributed by atoms with Crippen LogP contribution in [0.15, 0.2) is 0 Å². The number of carbonyl (C=O) groups excluding carboxylic acids is 2. The molecule has 0 saturated carbocycles. The summed E-state index contributed by atoms with van der Waals surface area (Å²) >= 11 is 12.0. The number of ether oxygens (including phenoxy) is 1. The van der Waals surface area contributed by atoms with E-state index in [1.807, 2.05) is 0 Å². The summed E-state index contributed by atoms with van der Waals surface area (Å²) in [6.45, 7) is 1.74. The number of hydrogen-bond donors (Lipinski definition) is 1. The zero-order valence-corrected chi connectivity index (χ0v) is 11.4. The van der Waals surface area contributed by atoms with Crippen LogP contribution in [0.3, 0.4) is 0 Å². The first-order valence-corrected chi connectivity index (χ1v) is 6.25. The second-order valence-corrected chi connectivity index (χ2v) is 5.25. The van der Waals surface area contributed by atoms with Crippen LogP contribution in [0.2, 0.25) is 0 Å². The van der Waals surface area contributed by atoms with Gasteiger partial charge in [-0.05, 0) is 6.92 Å². The Morgan fingerprint density at radius 3 is 2.71 bits per heavy atom. The zero-order valence-electron chi connectivity index (χ0n) is 9.12. The van der Waals surface area contributed by atoms with Gasteiger partial charge in [-0.25, -0.2) is 4.98 Å². The van der Waals surface area contributed by atoms with Crippen LogP contribution in [0, 0.1) is 6.92 Å². The van der Waals surface area contributed by atoms with E-state index in [4.69, 9.17) is 23.2 Å². The lowest BCUT2D eigenvalue weighted by molar-refractivity contribution is -0.139. The fraction of sp³-hybridized carbons (Fsp3) is 0.444. The number of nitrogens with one attached hydrogen (secondary N) is 1. The van der Waals surface area contributed by atoms with Crippen molar-refractivity contribution in [3.8, 4) is 0 Å². The minimum atomic E-state index is -1.15. The van der Waals surface area contributed by atoms with Gasteiger partial charge in [-0.3, -0.25) is 14.9 Å². The predicted octanol–water partition coefficient (Wildman–Crippen LogP) is 1.91. The molecule has 0 unspecified atom stereocenters. The van der Waals surface area contributed by atoms with Crippen molar-refractivity contribution < 1.29 is 14.3 Å². The topological polar surface area (TPSA) is 68.3 Å². The summed E-state index contributed by atoms with van der Waals surface area (Å²) in [5.74, 6) is -0.908. The molecule has 1 aromatic heterocycles. The van der Waals surface area contributed by atoms with Crippen LogP contribution in [0.4, 0.5) is 5.13 Å². The Labute approximate surface area is 112 Å². The maximum atomic E-state index is 11.2. The summed E-state index contributed by atoms with van der Waals surface area (Å²) in [4.78, 5) is 26.0. The molecule has 0 aliphatic rings. The Balaban J connectivity index is 2.74. The molecule has 94 valence electrons. The molecule has 1 N–H and O–H groups in total. The lowest BCUT2D eigenvalue weighted by atomic mass is 10.3. The van der Waals surface area contributed by atoms with Crippen LogP contribution >= 0.6 is 34.5 Å². The minimum absolute atomic E-state index is 0.126. The molecule has 0 aliphatic carbocycles. The van der Waals surface area contributed by atoms with E-state index in [-0.39, 0.29) is 12.4 Å². The smallest absolute Gasteiger partial charge is 0.310 e. The van der Waals surface area contributed by atoms with Crippen molar-refractivity contribution >= 4 is 51.5 Å². The molecule has 1 rings (SSSR count). The van der Waals surface area contributed by atoms with Crippen molar-refractivity contribution in [2.75, 3.05) is 12.4 Å². The first-order chi connectivity index (χ1) is 7.93. The molecule has 8 heteroatoms. The average Bonchev–Trinajstić information content (AvgIpc) is 2.58. The lowest BCUT2D eigenvalue weighted by Gasteiger charge is -1.99. The number of rotatable bonds is 4. The molecule has 0 bridgehead atoms. The molecule has 1 amide bonds. The number of esters is 1. The zero-order chi connectivity index (χ0) is 13.0. The van der Waals surface area contributed by atoms with Crippen LogP contribution < -0.4 is 5.32 Å². The number of halogens is 2. The van der Waals surface area contributed by atoms with Crippen LogP contribution in [0.1, 0.15) is 10.6 Å². The third-order valence-corrected chi connectivity index (χ3v) is 3.32. The maximum Gasteiger partial charge on any atom is 0.310 e. The monoisotopic (exact) mass is 296 g/mol. The second kappa shape index (κ2) is 6.18. The molecule has 0 fully saturated rings. The highest BCUT2D eigenvalue weighted by Gasteiger charge is 2.16. The van der Waals surface area contributed by atoms with Gasteiger partial charge >= 0.3 is 5.97 Å². The molecule has 0 aromatic carbocycles. The number of carbonyl (C=O) groups is 2. The molecule has 0 spiro atoms. The van der Waals surface area contributed by atoms with Crippen molar-refractivity contribution in [3.05, 3.63) is 10.6 Å². The van der Waals surface area contributed by atoms with Gasteiger partial charge in [0, 0.05) is 4.88 Å². The van der Waals surface area contributed by atoms with Gasteiger partial charge < -0.3 is 4.74 Å². The first kappa shape index (κ1) is 14.2. The third-order valence-electron chi connectivity index (χ3n) is 1.85. The Hall–Kier alpha value is -0.850. The largest absolute Gasteiger partial charge is 0.469 e. The fourth-order valence-electron chi connectivity index (χ4n) is 1.01. The Kier molecular flexibility index (Phi) is 5.17. The van der Waals surface area contributed by atoms with E-state index < -0.39 is 10.7 Å². The molecule has 0 radical (unpaired) electrons. The normalized spacial score (nSPS) is 10.4. The van der Waals surface area contributed by atoms with Crippen molar-refractivity contribution in [1.29, 1.82) is 0 Å². The predicted molar refractivity (Wildman–Crippen MR) is 66.7 cm³/mol. The maximum absolute atomic E-state index is 11.2. The lowest BCUT2D eigenvalue weighted by Crippen LogP contribution is -2.18. The van der Waals surface area contributed by atoms with Crippen molar-refractivity contribution in [2.24, 2.45) is 0 Å². The molecule has 0 aliphatic heterocycles. The molecule has 0 atom stereocenters. The van der Waals surface area contributed by atoms with Crippen LogP contribution in [-0.4, -0.2) is 28.8 Å². The summed E-state index contributed by atoms with van der Waals surface area (Å²) in [7, 11) is 1.31. The number of amides is 1. The number of anilines is 1. The van der Waals surface area contributed by atoms with Gasteiger partial charge in [0.15, 0.2) is 9.97 Å². The number of methoxy groups -OCH3 is 1. The first-order valence-electron chi connectivity index (χ1n) is 4.56. The number of aromatic nitrogens is 1. The number of alkyl halides is 2. The summed E-state index contributed by atoms with van der Waals surface area (Å²) < 4.78 is 4.55. The molecule has 17 heavy (non-hydrogen) atoms. The SMILES string of the molecule is COC(=O)Cc1sc(NC(=O)C(Cl)Cl)nc1C. The highest BCUT2D eigenvalue weighted by Crippen LogP contribution is 2.23. The molecular weight excluding hydrogens is 287 g/mol. The van der Waals surface area contributed by atoms with E-state index in [0.717, 1.165) is 4.88 Å². The van der Waals surface area contributed by atoms with E-state index in [1.54, 1.807) is 6.92 Å². The highest BCUT2D eigenvalue weighted by molar-refractivity contribution is 7.16. The van der Waals surface area contributed by atoms with Crippen molar-refractivity contribution in [3.63, 3.8) is 0 Å². The van der Waals surface area contributed by atoms with E-state index in [9.17, 15) is 9.59 Å². The Morgan fingerprint density at radius 2 is 2.18 bits per heavy atom. The van der Waals surface area contributed by atoms with Gasteiger partial charge in [0.1, 0.15) is 0 Å². The summed E-state index contributed by atoms with van der Waals surface area (Å²) in [6.07, 6.45) is 0.126. The van der Waals surface area contributed by atoms with Gasteiger partial charge in [-0.1, -0.05) is 23.2 Å². The standard InChI is InChI=1S/C9H10Cl2N2O3S/c1-4-5(3-6(14)16-2)17-9(12-4)13-8(15)7(10)11/h7H,3H2,1-2H3,(H,12,13,15). The number of aryl methyl sites for hydroxylation is 1. The van der Waals surface area contributed by atoms with Gasteiger partial charge in [-0.2, -0.15) is 0 Å². The van der Waals surface area contributed by atoms with Crippen molar-refractivity contribution in [2.45, 2.75) is 18.2 Å². The fourth-order valence-corrected chi connectivity index (χ4v) is 2.07. The summed E-state index contributed by atoms with van der Waals surface area (Å²) in [5, 5.41) is 2.81. The Bertz CT molecular complexity index is 434. The molecule has 0 saturated heterocycles. The van der Waals surface area contributed by atoms with E-state index >= 15 is 0 Å². The van der Waals surface area contributed by atoms with Crippen LogP contribution in [0.25, 0.3) is 0 Å². The van der Waals surface area contributed by atoms with Gasteiger partial charge in [0.05, 0.1) is 19.2 Å². The van der Waals surface area contributed by atoms with Crippen LogP contribution in [-0.2, 0) is 20.7 Å². The molecule has 1 aromatic rings. The molecule has 1 heterocycles. The second-order valence-electron chi connectivity index (χ2n) is 3.07. The summed E-state index contributed by atoms with van der Waals surface area (Å²) in [5.41, 5.74) is 0.663. The average molecular weight is 297 g/mol. The summed E-state index contributed by atoms with van der Waals surface area (Å²) in [6, 6.07) is 0. The molecular formula is C9H10Cl2N2O3S.